The minimum atomic E-state index is -3.56. The Kier molecular flexibility index (Phi) is 19.2. The second kappa shape index (κ2) is 19.3. The molecule has 0 heterocycles. The van der Waals surface area contributed by atoms with Gasteiger partial charge in [-0.3, -0.25) is 4.57 Å². The number of nitrogens with zero attached hydrogens (tertiary/aromatic N) is 1. The summed E-state index contributed by atoms with van der Waals surface area (Å²) in [4.78, 5) is 10.4. The summed E-state index contributed by atoms with van der Waals surface area (Å²) < 4.78 is 18.6. The maximum Gasteiger partial charge on any atom is 0.385 e. The highest BCUT2D eigenvalue weighted by Crippen LogP contribution is 2.51. The largest absolute Gasteiger partial charge is 0.385 e. The maximum absolute atomic E-state index is 12.6. The number of hydrogen-bond acceptors (Lipinski definition) is 2. The van der Waals surface area contributed by atoms with Crippen molar-refractivity contribution in [3.63, 3.8) is 0 Å². The molecule has 0 aromatic rings. The first-order chi connectivity index (χ1) is 14.8. The van der Waals surface area contributed by atoms with Crippen LogP contribution >= 0.6 is 7.60 Å². The van der Waals surface area contributed by atoms with Crippen LogP contribution in [0.15, 0.2) is 12.2 Å². The van der Waals surface area contributed by atoms with E-state index in [1.165, 1.54) is 83.5 Å². The SMILES string of the molecule is CCC/C=C\CCCCCCCCCCCCCCOP(=O)(O)C(CCC)[N+](C)(C)C. The third kappa shape index (κ3) is 18.0. The van der Waals surface area contributed by atoms with Crippen molar-refractivity contribution in [2.24, 2.45) is 0 Å². The Morgan fingerprint density at radius 3 is 1.65 bits per heavy atom. The van der Waals surface area contributed by atoms with Crippen molar-refractivity contribution in [2.75, 3.05) is 27.7 Å². The van der Waals surface area contributed by atoms with Crippen LogP contribution in [0, 0.1) is 0 Å². The van der Waals surface area contributed by atoms with Crippen LogP contribution in [0.2, 0.25) is 0 Å². The van der Waals surface area contributed by atoms with Gasteiger partial charge in [0.15, 0.2) is 5.78 Å². The monoisotopic (exact) mass is 460 g/mol. The van der Waals surface area contributed by atoms with Gasteiger partial charge >= 0.3 is 7.60 Å². The predicted molar refractivity (Wildman–Crippen MR) is 137 cm³/mol. The predicted octanol–water partition coefficient (Wildman–Crippen LogP) is 8.45. The summed E-state index contributed by atoms with van der Waals surface area (Å²) in [5.74, 6) is -0.333. The lowest BCUT2D eigenvalue weighted by molar-refractivity contribution is -0.883. The molecule has 5 heteroatoms. The molecule has 0 aromatic carbocycles. The molecule has 31 heavy (non-hydrogen) atoms. The summed E-state index contributed by atoms with van der Waals surface area (Å²) in [6.07, 6.45) is 25.4. The fraction of sp³-hybridized carbons (Fsp3) is 0.923. The van der Waals surface area contributed by atoms with E-state index < -0.39 is 7.60 Å². The van der Waals surface area contributed by atoms with E-state index >= 15 is 0 Å². The van der Waals surface area contributed by atoms with Crippen LogP contribution in [0.25, 0.3) is 0 Å². The summed E-state index contributed by atoms with van der Waals surface area (Å²) in [5.41, 5.74) is 0. The normalized spacial score (nSPS) is 15.4. The van der Waals surface area contributed by atoms with E-state index in [9.17, 15) is 9.46 Å². The van der Waals surface area contributed by atoms with Gasteiger partial charge in [0.2, 0.25) is 0 Å². The smallest absolute Gasteiger partial charge is 0.320 e. The van der Waals surface area contributed by atoms with E-state index in [0.29, 0.717) is 17.5 Å². The third-order valence-corrected chi connectivity index (χ3v) is 8.24. The Bertz CT molecular complexity index is 474. The number of allylic oxidation sites excluding steroid dienone is 2. The minimum absolute atomic E-state index is 0.333. The van der Waals surface area contributed by atoms with Gasteiger partial charge in [-0.25, -0.2) is 0 Å². The van der Waals surface area contributed by atoms with Gasteiger partial charge in [0, 0.05) is 6.42 Å². The van der Waals surface area contributed by atoms with Crippen molar-refractivity contribution in [2.45, 2.75) is 129 Å². The van der Waals surface area contributed by atoms with Crippen LogP contribution < -0.4 is 0 Å². The van der Waals surface area contributed by atoms with Gasteiger partial charge in [0.25, 0.3) is 0 Å². The van der Waals surface area contributed by atoms with Crippen LogP contribution in [0.4, 0.5) is 0 Å². The first-order valence-corrected chi connectivity index (χ1v) is 14.8. The van der Waals surface area contributed by atoms with Gasteiger partial charge in [0.05, 0.1) is 27.7 Å². The van der Waals surface area contributed by atoms with E-state index in [1.54, 1.807) is 0 Å². The molecule has 0 bridgehead atoms. The maximum atomic E-state index is 12.6. The average molecular weight is 461 g/mol. The fourth-order valence-electron chi connectivity index (χ4n) is 4.06. The standard InChI is InChI=1S/C26H54NO3P/c1-6-8-9-10-11-12-13-14-15-16-17-18-19-20-21-22-23-25-30-31(28,29)26(24-7-2)27(3,4)5/h9-10,26H,6-8,11-25H2,1-5H3/p+1/b10-9-. The molecule has 0 aliphatic heterocycles. The third-order valence-electron chi connectivity index (χ3n) is 5.98. The zero-order valence-electron chi connectivity index (χ0n) is 21.6. The highest BCUT2D eigenvalue weighted by atomic mass is 31.2. The summed E-state index contributed by atoms with van der Waals surface area (Å²) in [7, 11) is 2.35. The Labute approximate surface area is 195 Å². The Hall–Kier alpha value is -0.150. The van der Waals surface area contributed by atoms with Gasteiger partial charge in [-0.05, 0) is 32.1 Å². The highest BCUT2D eigenvalue weighted by molar-refractivity contribution is 7.53. The molecule has 0 amide bonds. The average Bonchev–Trinajstić information content (AvgIpc) is 2.70. The van der Waals surface area contributed by atoms with Crippen molar-refractivity contribution in [3.8, 4) is 0 Å². The molecule has 0 aliphatic carbocycles. The molecule has 0 fully saturated rings. The summed E-state index contributed by atoms with van der Waals surface area (Å²) in [6, 6.07) is 0. The van der Waals surface area contributed by atoms with E-state index in [2.05, 4.69) is 26.0 Å². The molecular weight excluding hydrogens is 405 g/mol. The van der Waals surface area contributed by atoms with E-state index in [0.717, 1.165) is 19.3 Å². The molecule has 0 radical (unpaired) electrons. The summed E-state index contributed by atoms with van der Waals surface area (Å²) in [5, 5.41) is 0. The van der Waals surface area contributed by atoms with E-state index in [4.69, 9.17) is 4.52 Å². The van der Waals surface area contributed by atoms with Crippen molar-refractivity contribution in [1.29, 1.82) is 0 Å². The Morgan fingerprint density at radius 2 is 1.19 bits per heavy atom. The number of quaternary nitrogens is 1. The Balaban J connectivity index is 3.53. The minimum Gasteiger partial charge on any atom is -0.320 e. The number of rotatable bonds is 22. The van der Waals surface area contributed by atoms with Crippen LogP contribution in [0.5, 0.6) is 0 Å². The lowest BCUT2D eigenvalue weighted by atomic mass is 10.0. The molecule has 0 aliphatic rings. The van der Waals surface area contributed by atoms with Crippen molar-refractivity contribution in [3.05, 3.63) is 12.2 Å². The molecule has 4 nitrogen and oxygen atoms in total. The zero-order valence-corrected chi connectivity index (χ0v) is 22.5. The molecule has 0 spiro atoms. The molecule has 0 aromatic heterocycles. The molecular formula is C26H55NO3P+. The number of hydrogen-bond donors (Lipinski definition) is 1. The van der Waals surface area contributed by atoms with Gasteiger partial charge in [-0.15, -0.1) is 0 Å². The first kappa shape index (κ1) is 30.9. The van der Waals surface area contributed by atoms with Crippen LogP contribution in [0.1, 0.15) is 123 Å². The van der Waals surface area contributed by atoms with Crippen LogP contribution in [0.3, 0.4) is 0 Å². The van der Waals surface area contributed by atoms with E-state index in [1.807, 2.05) is 21.1 Å². The summed E-state index contributed by atoms with van der Waals surface area (Å²) in [6.45, 7) is 4.69. The van der Waals surface area contributed by atoms with Crippen molar-refractivity contribution >= 4 is 7.60 Å². The van der Waals surface area contributed by atoms with E-state index in [-0.39, 0.29) is 5.78 Å². The van der Waals surface area contributed by atoms with Crippen LogP contribution in [-0.2, 0) is 9.09 Å². The molecule has 2 unspecified atom stereocenters. The van der Waals surface area contributed by atoms with Gasteiger partial charge in [-0.1, -0.05) is 96.6 Å². The second-order valence-electron chi connectivity index (χ2n) is 10.1. The van der Waals surface area contributed by atoms with Gasteiger partial charge in [0.1, 0.15) is 0 Å². The van der Waals surface area contributed by atoms with Crippen LogP contribution in [-0.4, -0.2) is 42.9 Å². The highest BCUT2D eigenvalue weighted by Gasteiger charge is 2.41. The van der Waals surface area contributed by atoms with Crippen molar-refractivity contribution in [1.82, 2.24) is 0 Å². The molecule has 1 N–H and O–H groups in total. The molecule has 2 atom stereocenters. The lowest BCUT2D eigenvalue weighted by Gasteiger charge is -2.35. The molecule has 0 saturated carbocycles. The molecule has 0 saturated heterocycles. The van der Waals surface area contributed by atoms with Gasteiger partial charge in [-0.2, -0.15) is 0 Å². The molecule has 186 valence electrons. The lowest BCUT2D eigenvalue weighted by Crippen LogP contribution is -2.45. The van der Waals surface area contributed by atoms with Crippen molar-refractivity contribution < 1.29 is 18.5 Å². The fourth-order valence-corrected chi connectivity index (χ4v) is 6.08. The molecule has 0 rings (SSSR count). The van der Waals surface area contributed by atoms with Gasteiger partial charge < -0.3 is 13.9 Å². The Morgan fingerprint density at radius 1 is 0.742 bits per heavy atom. The first-order valence-electron chi connectivity index (χ1n) is 13.2. The topological polar surface area (TPSA) is 46.5 Å². The number of unbranched alkanes of at least 4 members (excludes halogenated alkanes) is 13. The second-order valence-corrected chi connectivity index (χ2v) is 12.1. The summed E-state index contributed by atoms with van der Waals surface area (Å²) >= 11 is 0. The zero-order chi connectivity index (χ0) is 23.4. The quantitative estimate of drug-likeness (QED) is 0.0763.